The summed E-state index contributed by atoms with van der Waals surface area (Å²) in [7, 11) is -9.61. The molecule has 1 aromatic rings. The third kappa shape index (κ3) is 8.00. The molecular formula is C21H29F5OS. The molecule has 0 aliphatic heterocycles. The molecule has 1 aromatic carbocycles. The van der Waals surface area contributed by atoms with E-state index in [4.69, 9.17) is 4.74 Å². The first kappa shape index (κ1) is 23.0. The number of ether oxygens (including phenoxy) is 1. The molecule has 0 saturated heterocycles. The van der Waals surface area contributed by atoms with E-state index in [9.17, 15) is 19.4 Å². The van der Waals surface area contributed by atoms with Crippen molar-refractivity contribution in [1.29, 1.82) is 0 Å². The Morgan fingerprint density at radius 3 is 2.07 bits per heavy atom. The lowest BCUT2D eigenvalue weighted by atomic mass is 9.87. The second kappa shape index (κ2) is 8.62. The first-order valence-corrected chi connectivity index (χ1v) is 11.9. The fraction of sp³-hybridized carbons (Fsp3) is 0.619. The number of unbranched alkanes of at least 4 members (excludes halogenated alkanes) is 4. The van der Waals surface area contributed by atoms with E-state index in [-0.39, 0.29) is 12.0 Å². The molecule has 0 atom stereocenters. The predicted molar refractivity (Wildman–Crippen MR) is 105 cm³/mol. The molecule has 28 heavy (non-hydrogen) atoms. The van der Waals surface area contributed by atoms with Gasteiger partial charge in [0.15, 0.2) is 0 Å². The van der Waals surface area contributed by atoms with Gasteiger partial charge in [0.25, 0.3) is 0 Å². The van der Waals surface area contributed by atoms with Crippen molar-refractivity contribution in [2.24, 2.45) is 5.92 Å². The lowest BCUT2D eigenvalue weighted by molar-refractivity contribution is 0.0209. The van der Waals surface area contributed by atoms with Crippen LogP contribution >= 0.6 is 10.2 Å². The normalized spacial score (nSPS) is 22.6. The van der Waals surface area contributed by atoms with Crippen LogP contribution in [0.25, 0.3) is 0 Å². The maximum Gasteiger partial charge on any atom is 0.310 e. The minimum atomic E-state index is -9.61. The molecule has 7 heteroatoms. The number of halogens is 5. The van der Waals surface area contributed by atoms with Crippen LogP contribution in [0.5, 0.6) is 0 Å². The summed E-state index contributed by atoms with van der Waals surface area (Å²) in [6.07, 6.45) is 9.94. The minimum Gasteiger partial charge on any atom is -0.378 e. The molecule has 0 unspecified atom stereocenters. The Bertz CT molecular complexity index is 680. The van der Waals surface area contributed by atoms with Crippen LogP contribution < -0.4 is 0 Å². The topological polar surface area (TPSA) is 9.23 Å². The number of hydrogen-bond acceptors (Lipinski definition) is 1. The molecule has 0 spiro atoms. The van der Waals surface area contributed by atoms with Gasteiger partial charge in [0.2, 0.25) is 0 Å². The Hall–Kier alpha value is -1.26. The van der Waals surface area contributed by atoms with Crippen molar-refractivity contribution in [1.82, 2.24) is 0 Å². The van der Waals surface area contributed by atoms with Crippen LogP contribution in [-0.4, -0.2) is 12.7 Å². The van der Waals surface area contributed by atoms with E-state index >= 15 is 0 Å². The standard InChI is InChI=1S/C21H29F5OS/c1-2-3-4-5-6-17-27-20-13-9-18(10-14-20)7-8-19-11-15-21(16-12-19)28(22,23,24,25)26/h11-12,15-16,18,20H,2-6,9-10,13-14,17H2,1H3. The number of rotatable bonds is 8. The lowest BCUT2D eigenvalue weighted by Crippen LogP contribution is -2.21. The van der Waals surface area contributed by atoms with E-state index in [0.717, 1.165) is 50.8 Å². The van der Waals surface area contributed by atoms with Crippen LogP contribution in [-0.2, 0) is 4.74 Å². The number of benzene rings is 1. The summed E-state index contributed by atoms with van der Waals surface area (Å²) in [5.74, 6) is 6.04. The molecule has 0 amide bonds. The van der Waals surface area contributed by atoms with Crippen LogP contribution in [0, 0.1) is 17.8 Å². The fourth-order valence-electron chi connectivity index (χ4n) is 3.31. The molecule has 1 saturated carbocycles. The molecule has 1 aliphatic carbocycles. The van der Waals surface area contributed by atoms with Crippen LogP contribution in [0.1, 0.15) is 70.3 Å². The Labute approximate surface area is 164 Å². The Morgan fingerprint density at radius 1 is 0.893 bits per heavy atom. The summed E-state index contributed by atoms with van der Waals surface area (Å²) in [5.41, 5.74) is 0.316. The molecule has 1 nitrogen and oxygen atoms in total. The maximum atomic E-state index is 12.7. The minimum absolute atomic E-state index is 0.166. The highest BCUT2D eigenvalue weighted by Crippen LogP contribution is 3.02. The quantitative estimate of drug-likeness (QED) is 0.232. The van der Waals surface area contributed by atoms with Crippen molar-refractivity contribution < 1.29 is 24.2 Å². The van der Waals surface area contributed by atoms with Gasteiger partial charge in [-0.3, -0.25) is 0 Å². The first-order valence-electron chi connectivity index (χ1n) is 9.95. The highest BCUT2D eigenvalue weighted by atomic mass is 32.5. The van der Waals surface area contributed by atoms with Gasteiger partial charge in [-0.2, -0.15) is 0 Å². The van der Waals surface area contributed by atoms with Crippen molar-refractivity contribution in [2.75, 3.05) is 6.61 Å². The van der Waals surface area contributed by atoms with Crippen LogP contribution in [0.2, 0.25) is 0 Å². The average Bonchev–Trinajstić information content (AvgIpc) is 2.62. The van der Waals surface area contributed by atoms with Crippen LogP contribution in [0.3, 0.4) is 0 Å². The average molecular weight is 425 g/mol. The van der Waals surface area contributed by atoms with E-state index in [1.54, 1.807) is 0 Å². The largest absolute Gasteiger partial charge is 0.378 e. The molecule has 2 rings (SSSR count). The van der Waals surface area contributed by atoms with Crippen molar-refractivity contribution in [3.63, 3.8) is 0 Å². The van der Waals surface area contributed by atoms with Gasteiger partial charge in [0.05, 0.1) is 6.10 Å². The fourth-order valence-corrected chi connectivity index (χ4v) is 3.96. The molecule has 1 aliphatic rings. The molecule has 1 fully saturated rings. The summed E-state index contributed by atoms with van der Waals surface area (Å²) in [6, 6.07) is 2.84. The highest BCUT2D eigenvalue weighted by Gasteiger charge is 2.65. The van der Waals surface area contributed by atoms with E-state index < -0.39 is 15.1 Å². The molecule has 160 valence electrons. The zero-order valence-electron chi connectivity index (χ0n) is 16.2. The zero-order chi connectivity index (χ0) is 20.7. The van der Waals surface area contributed by atoms with E-state index in [1.165, 1.54) is 25.7 Å². The summed E-state index contributed by atoms with van der Waals surface area (Å²) >= 11 is 0. The third-order valence-electron chi connectivity index (χ3n) is 5.00. The molecule has 0 radical (unpaired) electrons. The summed E-state index contributed by atoms with van der Waals surface area (Å²) in [6.45, 7) is 2.98. The van der Waals surface area contributed by atoms with Gasteiger partial charge >= 0.3 is 10.2 Å². The predicted octanol–water partition coefficient (Wildman–Crippen LogP) is 8.24. The monoisotopic (exact) mass is 424 g/mol. The Balaban J connectivity index is 1.76. The number of hydrogen-bond donors (Lipinski definition) is 0. The smallest absolute Gasteiger partial charge is 0.310 e. The molecule has 0 heterocycles. The van der Waals surface area contributed by atoms with Gasteiger partial charge in [-0.05, 0) is 56.4 Å². The summed E-state index contributed by atoms with van der Waals surface area (Å²) < 4.78 is 69.5. The van der Waals surface area contributed by atoms with Gasteiger partial charge < -0.3 is 4.74 Å². The molecule has 0 bridgehead atoms. The van der Waals surface area contributed by atoms with Crippen molar-refractivity contribution in [2.45, 2.75) is 75.7 Å². The summed E-state index contributed by atoms with van der Waals surface area (Å²) in [4.78, 5) is -1.88. The Morgan fingerprint density at radius 2 is 1.50 bits per heavy atom. The Kier molecular flexibility index (Phi) is 7.09. The van der Waals surface area contributed by atoms with E-state index in [1.807, 2.05) is 0 Å². The third-order valence-corrected chi connectivity index (χ3v) is 6.16. The van der Waals surface area contributed by atoms with E-state index in [2.05, 4.69) is 18.8 Å². The van der Waals surface area contributed by atoms with Gasteiger partial charge in [0, 0.05) is 18.1 Å². The highest BCUT2D eigenvalue weighted by molar-refractivity contribution is 8.45. The van der Waals surface area contributed by atoms with Gasteiger partial charge in [-0.15, -0.1) is 0 Å². The van der Waals surface area contributed by atoms with Crippen LogP contribution in [0.4, 0.5) is 19.4 Å². The second-order valence-electron chi connectivity index (χ2n) is 7.52. The lowest BCUT2D eigenvalue weighted by Gasteiger charge is -2.40. The van der Waals surface area contributed by atoms with Crippen molar-refractivity contribution >= 4 is 10.2 Å². The van der Waals surface area contributed by atoms with Crippen molar-refractivity contribution in [3.8, 4) is 11.8 Å². The maximum absolute atomic E-state index is 12.7. The van der Waals surface area contributed by atoms with Gasteiger partial charge in [0.1, 0.15) is 4.90 Å². The summed E-state index contributed by atoms with van der Waals surface area (Å²) in [5, 5.41) is 0. The zero-order valence-corrected chi connectivity index (χ0v) is 17.1. The second-order valence-corrected chi connectivity index (χ2v) is 9.93. The van der Waals surface area contributed by atoms with Crippen molar-refractivity contribution in [3.05, 3.63) is 29.8 Å². The van der Waals surface area contributed by atoms with Gasteiger partial charge in [-0.25, -0.2) is 0 Å². The van der Waals surface area contributed by atoms with E-state index in [0.29, 0.717) is 17.7 Å². The molecule has 0 aromatic heterocycles. The first-order chi connectivity index (χ1) is 13.0. The SMILES string of the molecule is CCCCCCCOC1CCC(C#Cc2ccc(S(F)(F)(F)(F)F)cc2)CC1. The molecular weight excluding hydrogens is 395 g/mol. The van der Waals surface area contributed by atoms with Gasteiger partial charge in [-0.1, -0.05) is 63.9 Å². The van der Waals surface area contributed by atoms with Crippen LogP contribution in [0.15, 0.2) is 29.2 Å². The molecule has 0 N–H and O–H groups in total.